The minimum atomic E-state index is -0.415. The molecule has 0 bridgehead atoms. The van der Waals surface area contributed by atoms with Crippen LogP contribution < -0.4 is 15.5 Å². The lowest BCUT2D eigenvalue weighted by Crippen LogP contribution is -3.14. The number of piperidine rings is 1. The van der Waals surface area contributed by atoms with Crippen LogP contribution >= 0.6 is 0 Å². The summed E-state index contributed by atoms with van der Waals surface area (Å²) in [5.41, 5.74) is 3.44. The first kappa shape index (κ1) is 20.0. The molecule has 0 aromatic heterocycles. The van der Waals surface area contributed by atoms with E-state index in [4.69, 9.17) is 0 Å². The molecule has 6 heteroatoms. The number of likely N-dealkylation sites (tertiary alicyclic amines) is 1. The van der Waals surface area contributed by atoms with Crippen molar-refractivity contribution in [2.75, 3.05) is 25.0 Å². The number of benzene rings is 2. The van der Waals surface area contributed by atoms with Gasteiger partial charge in [0.05, 0.1) is 13.1 Å². The van der Waals surface area contributed by atoms with Gasteiger partial charge in [-0.3, -0.25) is 9.59 Å². The Morgan fingerprint density at radius 3 is 2.54 bits per heavy atom. The normalized spacial score (nSPS) is 19.1. The Labute approximate surface area is 164 Å². The summed E-state index contributed by atoms with van der Waals surface area (Å²) in [6, 6.07) is 11.7. The van der Waals surface area contributed by atoms with E-state index in [-0.39, 0.29) is 17.9 Å². The molecule has 1 saturated heterocycles. The van der Waals surface area contributed by atoms with Gasteiger partial charge in [0, 0.05) is 30.1 Å². The van der Waals surface area contributed by atoms with Gasteiger partial charge in [-0.1, -0.05) is 18.2 Å². The molecule has 0 radical (unpaired) electrons. The number of rotatable bonds is 5. The minimum absolute atomic E-state index is 0.00551. The maximum absolute atomic E-state index is 13.3. The molecule has 28 heavy (non-hydrogen) atoms. The maximum atomic E-state index is 13.3. The highest BCUT2D eigenvalue weighted by Gasteiger charge is 2.25. The first-order valence-corrected chi connectivity index (χ1v) is 9.68. The third-order valence-electron chi connectivity index (χ3n) is 5.40. The topological polar surface area (TPSA) is 62.6 Å². The molecule has 1 aliphatic heterocycles. The van der Waals surface area contributed by atoms with Gasteiger partial charge in [0.2, 0.25) is 0 Å². The van der Waals surface area contributed by atoms with Gasteiger partial charge in [0.15, 0.2) is 6.54 Å². The van der Waals surface area contributed by atoms with E-state index in [1.807, 2.05) is 32.0 Å². The van der Waals surface area contributed by atoms with Crippen molar-refractivity contribution >= 4 is 17.5 Å². The zero-order chi connectivity index (χ0) is 20.1. The molecule has 2 aromatic carbocycles. The van der Waals surface area contributed by atoms with E-state index in [9.17, 15) is 14.0 Å². The lowest BCUT2D eigenvalue weighted by atomic mass is 10.0. The first-order chi connectivity index (χ1) is 13.4. The number of nitrogens with one attached hydrogen (secondary N) is 3. The fourth-order valence-electron chi connectivity index (χ4n) is 3.55. The van der Waals surface area contributed by atoms with Crippen molar-refractivity contribution < 1.29 is 18.9 Å². The van der Waals surface area contributed by atoms with E-state index in [0.29, 0.717) is 12.1 Å². The summed E-state index contributed by atoms with van der Waals surface area (Å²) >= 11 is 0. The summed E-state index contributed by atoms with van der Waals surface area (Å²) in [6.07, 6.45) is 1.60. The molecule has 3 rings (SSSR count). The minimum Gasteiger partial charge on any atom is -0.349 e. The molecule has 0 atom stereocenters. The molecule has 1 heterocycles. The maximum Gasteiger partial charge on any atom is 0.279 e. The first-order valence-electron chi connectivity index (χ1n) is 9.68. The van der Waals surface area contributed by atoms with Crippen LogP contribution in [0.2, 0.25) is 0 Å². The largest absolute Gasteiger partial charge is 0.349 e. The Morgan fingerprint density at radius 1 is 1.11 bits per heavy atom. The van der Waals surface area contributed by atoms with Crippen LogP contribution in [0.3, 0.4) is 0 Å². The van der Waals surface area contributed by atoms with E-state index in [0.717, 1.165) is 42.7 Å². The number of carbonyl (C=O) groups is 2. The smallest absolute Gasteiger partial charge is 0.279 e. The van der Waals surface area contributed by atoms with Crippen LogP contribution in [0.5, 0.6) is 0 Å². The molecule has 2 amide bonds. The summed E-state index contributed by atoms with van der Waals surface area (Å²) in [5.74, 6) is -0.659. The average Bonchev–Trinajstić information content (AvgIpc) is 2.67. The molecule has 2 aromatic rings. The number of anilines is 1. The molecule has 0 aliphatic carbocycles. The molecule has 0 unspecified atom stereocenters. The summed E-state index contributed by atoms with van der Waals surface area (Å²) in [4.78, 5) is 25.8. The number of hydrogen-bond donors (Lipinski definition) is 3. The number of aryl methyl sites for hydroxylation is 1. The van der Waals surface area contributed by atoms with Crippen molar-refractivity contribution in [2.45, 2.75) is 32.7 Å². The number of amides is 2. The van der Waals surface area contributed by atoms with Crippen LogP contribution in [0.15, 0.2) is 42.5 Å². The lowest BCUT2D eigenvalue weighted by Gasteiger charge is -2.29. The zero-order valence-electron chi connectivity index (χ0n) is 16.3. The van der Waals surface area contributed by atoms with Crippen molar-refractivity contribution in [2.24, 2.45) is 0 Å². The van der Waals surface area contributed by atoms with Crippen LogP contribution in [0, 0.1) is 19.7 Å². The van der Waals surface area contributed by atoms with Gasteiger partial charge in [0.1, 0.15) is 5.82 Å². The summed E-state index contributed by atoms with van der Waals surface area (Å²) in [7, 11) is 0. The number of carbonyl (C=O) groups excluding carboxylic acids is 2. The van der Waals surface area contributed by atoms with Gasteiger partial charge in [-0.05, 0) is 49.2 Å². The third kappa shape index (κ3) is 5.16. The molecule has 0 spiro atoms. The number of halogens is 1. The van der Waals surface area contributed by atoms with Gasteiger partial charge in [-0.15, -0.1) is 0 Å². The Balaban J connectivity index is 1.45. The SMILES string of the molecule is Cc1cccc(NC(=O)C[NH+]2CCC(NC(=O)c3cccc(F)c3)CC2)c1C. The molecular formula is C22H27FN3O2+. The Hall–Kier alpha value is -2.73. The van der Waals surface area contributed by atoms with E-state index >= 15 is 0 Å². The van der Waals surface area contributed by atoms with Crippen LogP contribution in [-0.4, -0.2) is 37.5 Å². The predicted octanol–water partition coefficient (Wildman–Crippen LogP) is 1.86. The fourth-order valence-corrected chi connectivity index (χ4v) is 3.55. The Kier molecular flexibility index (Phi) is 6.41. The average molecular weight is 384 g/mol. The van der Waals surface area contributed by atoms with Crippen molar-refractivity contribution in [3.05, 3.63) is 65.0 Å². The summed E-state index contributed by atoms with van der Waals surface area (Å²) in [6.45, 7) is 6.07. The highest BCUT2D eigenvalue weighted by molar-refractivity contribution is 5.94. The number of quaternary nitrogens is 1. The van der Waals surface area contributed by atoms with Gasteiger partial charge in [-0.2, -0.15) is 0 Å². The predicted molar refractivity (Wildman–Crippen MR) is 107 cm³/mol. The molecular weight excluding hydrogens is 357 g/mol. The highest BCUT2D eigenvalue weighted by Crippen LogP contribution is 2.17. The third-order valence-corrected chi connectivity index (χ3v) is 5.40. The Morgan fingerprint density at radius 2 is 1.82 bits per heavy atom. The number of hydrogen-bond acceptors (Lipinski definition) is 2. The monoisotopic (exact) mass is 384 g/mol. The van der Waals surface area contributed by atoms with Crippen LogP contribution in [0.1, 0.15) is 34.3 Å². The standard InChI is InChI=1S/C22H26FN3O2/c1-15-5-3-8-20(16(15)2)25-21(27)14-26-11-9-19(10-12-26)24-22(28)17-6-4-7-18(23)13-17/h3-8,13,19H,9-12,14H2,1-2H3,(H,24,28)(H,25,27)/p+1. The zero-order valence-corrected chi connectivity index (χ0v) is 16.3. The van der Waals surface area contributed by atoms with E-state index in [1.165, 1.54) is 23.1 Å². The second-order valence-corrected chi connectivity index (χ2v) is 7.48. The van der Waals surface area contributed by atoms with E-state index in [2.05, 4.69) is 10.6 Å². The van der Waals surface area contributed by atoms with Crippen LogP contribution in [0.25, 0.3) is 0 Å². The van der Waals surface area contributed by atoms with Gasteiger partial charge in [-0.25, -0.2) is 4.39 Å². The highest BCUT2D eigenvalue weighted by atomic mass is 19.1. The van der Waals surface area contributed by atoms with E-state index in [1.54, 1.807) is 6.07 Å². The molecule has 148 valence electrons. The van der Waals surface area contributed by atoms with Crippen molar-refractivity contribution in [3.8, 4) is 0 Å². The molecule has 5 nitrogen and oxygen atoms in total. The molecule has 0 saturated carbocycles. The van der Waals surface area contributed by atoms with Gasteiger partial charge < -0.3 is 15.5 Å². The summed E-state index contributed by atoms with van der Waals surface area (Å²) in [5, 5.41) is 5.97. The van der Waals surface area contributed by atoms with Crippen LogP contribution in [0.4, 0.5) is 10.1 Å². The van der Waals surface area contributed by atoms with Gasteiger partial charge >= 0.3 is 0 Å². The quantitative estimate of drug-likeness (QED) is 0.737. The van der Waals surface area contributed by atoms with Crippen molar-refractivity contribution in [1.82, 2.24) is 5.32 Å². The molecule has 1 fully saturated rings. The second kappa shape index (κ2) is 8.97. The van der Waals surface area contributed by atoms with Gasteiger partial charge in [0.25, 0.3) is 11.8 Å². The van der Waals surface area contributed by atoms with E-state index < -0.39 is 5.82 Å². The molecule has 3 N–H and O–H groups in total. The van der Waals surface area contributed by atoms with Crippen molar-refractivity contribution in [1.29, 1.82) is 0 Å². The van der Waals surface area contributed by atoms with Crippen molar-refractivity contribution in [3.63, 3.8) is 0 Å². The van der Waals surface area contributed by atoms with Crippen LogP contribution in [-0.2, 0) is 4.79 Å². The fraction of sp³-hybridized carbons (Fsp3) is 0.364. The molecule has 1 aliphatic rings. The summed E-state index contributed by atoms with van der Waals surface area (Å²) < 4.78 is 13.3. The Bertz CT molecular complexity index is 861. The lowest BCUT2D eigenvalue weighted by molar-refractivity contribution is -0.897. The second-order valence-electron chi connectivity index (χ2n) is 7.48.